The van der Waals surface area contributed by atoms with Crippen molar-refractivity contribution in [2.24, 2.45) is 12.0 Å². The van der Waals surface area contributed by atoms with Crippen molar-refractivity contribution in [1.29, 1.82) is 0 Å². The molecule has 1 amide bonds. The SMILES string of the molecule is CN(C)C(=O)c1cccc(Nc2c(N=Cc3ccco3)c(O)n(C)c2O)c1O. The molecule has 3 aromatic rings. The number of phenols is 1. The molecule has 3 rings (SSSR count). The monoisotopic (exact) mass is 384 g/mol. The van der Waals surface area contributed by atoms with Crippen LogP contribution >= 0.6 is 0 Å². The number of furan rings is 1. The van der Waals surface area contributed by atoms with Crippen molar-refractivity contribution in [3.05, 3.63) is 47.9 Å². The number of hydrogen-bond donors (Lipinski definition) is 4. The highest BCUT2D eigenvalue weighted by Crippen LogP contribution is 2.46. The predicted octanol–water partition coefficient (Wildman–Crippen LogP) is 2.93. The van der Waals surface area contributed by atoms with Gasteiger partial charge < -0.3 is 30.0 Å². The average Bonchev–Trinajstić information content (AvgIpc) is 3.25. The van der Waals surface area contributed by atoms with Crippen molar-refractivity contribution in [3.8, 4) is 17.5 Å². The molecule has 4 N–H and O–H groups in total. The van der Waals surface area contributed by atoms with E-state index in [0.29, 0.717) is 5.76 Å². The average molecular weight is 384 g/mol. The van der Waals surface area contributed by atoms with E-state index < -0.39 is 0 Å². The topological polar surface area (TPSA) is 123 Å². The molecule has 0 saturated heterocycles. The molecule has 0 aliphatic carbocycles. The van der Waals surface area contributed by atoms with Gasteiger partial charge in [-0.2, -0.15) is 0 Å². The van der Waals surface area contributed by atoms with Crippen LogP contribution in [-0.4, -0.2) is 51.0 Å². The lowest BCUT2D eigenvalue weighted by Gasteiger charge is -2.14. The van der Waals surface area contributed by atoms with Gasteiger partial charge in [0.05, 0.1) is 23.7 Å². The lowest BCUT2D eigenvalue weighted by Crippen LogP contribution is -2.21. The van der Waals surface area contributed by atoms with Crippen LogP contribution in [0.3, 0.4) is 0 Å². The molecular weight excluding hydrogens is 364 g/mol. The molecule has 9 nitrogen and oxygen atoms in total. The Hall–Kier alpha value is -3.88. The molecule has 2 heterocycles. The van der Waals surface area contributed by atoms with E-state index in [2.05, 4.69) is 10.3 Å². The fraction of sp³-hybridized carbons (Fsp3) is 0.158. The zero-order chi connectivity index (χ0) is 20.4. The van der Waals surface area contributed by atoms with E-state index in [4.69, 9.17) is 4.42 Å². The van der Waals surface area contributed by atoms with Crippen molar-refractivity contribution >= 4 is 29.2 Å². The standard InChI is InChI=1S/C19H20N4O5/c1-22(2)17(25)12-7-4-8-13(16(12)24)21-15-14(18(26)23(3)19(15)27)20-10-11-6-5-9-28-11/h4-10,21,24,26-27H,1-3H3. The summed E-state index contributed by atoms with van der Waals surface area (Å²) in [6.45, 7) is 0. The van der Waals surface area contributed by atoms with E-state index in [1.54, 1.807) is 32.3 Å². The highest BCUT2D eigenvalue weighted by Gasteiger charge is 2.23. The van der Waals surface area contributed by atoms with Gasteiger partial charge in [0.2, 0.25) is 11.8 Å². The van der Waals surface area contributed by atoms with E-state index in [-0.39, 0.29) is 46.0 Å². The fourth-order valence-electron chi connectivity index (χ4n) is 2.57. The normalized spacial score (nSPS) is 11.1. The minimum atomic E-state index is -0.377. The van der Waals surface area contributed by atoms with E-state index in [1.165, 1.54) is 36.6 Å². The summed E-state index contributed by atoms with van der Waals surface area (Å²) in [6.07, 6.45) is 2.86. The van der Waals surface area contributed by atoms with Gasteiger partial charge in [0.1, 0.15) is 11.4 Å². The number of aromatic hydroxyl groups is 3. The maximum absolute atomic E-state index is 12.2. The number of hydrogen-bond acceptors (Lipinski definition) is 7. The van der Waals surface area contributed by atoms with Crippen LogP contribution in [0.2, 0.25) is 0 Å². The number of nitrogens with one attached hydrogen (secondary N) is 1. The van der Waals surface area contributed by atoms with Gasteiger partial charge in [0.25, 0.3) is 5.91 Å². The Morgan fingerprint density at radius 3 is 2.57 bits per heavy atom. The van der Waals surface area contributed by atoms with Gasteiger partial charge in [-0.15, -0.1) is 0 Å². The van der Waals surface area contributed by atoms with Crippen LogP contribution in [0.15, 0.2) is 46.0 Å². The van der Waals surface area contributed by atoms with Crippen LogP contribution in [0, 0.1) is 0 Å². The second-order valence-corrected chi connectivity index (χ2v) is 6.23. The zero-order valence-corrected chi connectivity index (χ0v) is 15.5. The highest BCUT2D eigenvalue weighted by atomic mass is 16.3. The van der Waals surface area contributed by atoms with Gasteiger partial charge in [-0.05, 0) is 24.3 Å². The Kier molecular flexibility index (Phi) is 4.99. The summed E-state index contributed by atoms with van der Waals surface area (Å²) in [7, 11) is 4.60. The first-order valence-electron chi connectivity index (χ1n) is 8.30. The number of rotatable bonds is 5. The van der Waals surface area contributed by atoms with Crippen LogP contribution in [0.25, 0.3) is 0 Å². The molecule has 1 aromatic carbocycles. The Morgan fingerprint density at radius 1 is 1.18 bits per heavy atom. The zero-order valence-electron chi connectivity index (χ0n) is 15.5. The Bertz CT molecular complexity index is 1040. The van der Waals surface area contributed by atoms with Crippen molar-refractivity contribution in [1.82, 2.24) is 9.47 Å². The van der Waals surface area contributed by atoms with Gasteiger partial charge in [0, 0.05) is 21.1 Å². The predicted molar refractivity (Wildman–Crippen MR) is 104 cm³/mol. The molecule has 2 aromatic heterocycles. The van der Waals surface area contributed by atoms with Crippen LogP contribution in [0.5, 0.6) is 17.5 Å². The minimum Gasteiger partial charge on any atom is -0.505 e. The minimum absolute atomic E-state index is 0.0418. The van der Waals surface area contributed by atoms with Gasteiger partial charge in [-0.25, -0.2) is 4.99 Å². The van der Waals surface area contributed by atoms with E-state index in [9.17, 15) is 20.1 Å². The van der Waals surface area contributed by atoms with Gasteiger partial charge in [0.15, 0.2) is 11.4 Å². The molecule has 0 aliphatic rings. The second-order valence-electron chi connectivity index (χ2n) is 6.23. The first kappa shape index (κ1) is 18.9. The van der Waals surface area contributed by atoms with Crippen molar-refractivity contribution in [3.63, 3.8) is 0 Å². The number of para-hydroxylation sites is 1. The number of anilines is 2. The third-order valence-electron chi connectivity index (χ3n) is 4.10. The van der Waals surface area contributed by atoms with Crippen molar-refractivity contribution < 1.29 is 24.5 Å². The smallest absolute Gasteiger partial charge is 0.257 e. The van der Waals surface area contributed by atoms with Crippen molar-refractivity contribution in [2.75, 3.05) is 19.4 Å². The molecule has 0 aliphatic heterocycles. The number of aromatic nitrogens is 1. The maximum Gasteiger partial charge on any atom is 0.257 e. The summed E-state index contributed by atoms with van der Waals surface area (Å²) in [5, 5.41) is 34.0. The number of aliphatic imine (C=N–C) groups is 1. The Labute approximate surface area is 160 Å². The maximum atomic E-state index is 12.2. The molecule has 0 fully saturated rings. The summed E-state index contributed by atoms with van der Waals surface area (Å²) in [4.78, 5) is 17.7. The number of phenolic OH excluding ortho intramolecular Hbond substituents is 1. The molecule has 146 valence electrons. The Balaban J connectivity index is 2.03. The molecule has 0 atom stereocenters. The van der Waals surface area contributed by atoms with Crippen LogP contribution < -0.4 is 5.32 Å². The largest absolute Gasteiger partial charge is 0.505 e. The number of amides is 1. The second kappa shape index (κ2) is 7.39. The molecule has 0 radical (unpaired) electrons. The van der Waals surface area contributed by atoms with Crippen molar-refractivity contribution in [2.45, 2.75) is 0 Å². The lowest BCUT2D eigenvalue weighted by molar-refractivity contribution is 0.0824. The molecule has 0 unspecified atom stereocenters. The number of benzene rings is 1. The first-order valence-corrected chi connectivity index (χ1v) is 8.30. The van der Waals surface area contributed by atoms with Gasteiger partial charge in [-0.3, -0.25) is 9.36 Å². The summed E-state index contributed by atoms with van der Waals surface area (Å²) in [5.41, 5.74) is 0.367. The quantitative estimate of drug-likeness (QED) is 0.396. The van der Waals surface area contributed by atoms with E-state index >= 15 is 0 Å². The van der Waals surface area contributed by atoms with E-state index in [1.807, 2.05) is 0 Å². The fourth-order valence-corrected chi connectivity index (χ4v) is 2.57. The van der Waals surface area contributed by atoms with Gasteiger partial charge >= 0.3 is 0 Å². The summed E-state index contributed by atoms with van der Waals surface area (Å²) in [6, 6.07) is 7.98. The number of nitrogens with zero attached hydrogens (tertiary/aromatic N) is 3. The molecule has 28 heavy (non-hydrogen) atoms. The van der Waals surface area contributed by atoms with Crippen LogP contribution in [0.1, 0.15) is 16.1 Å². The molecule has 9 heteroatoms. The number of carbonyl (C=O) groups is 1. The van der Waals surface area contributed by atoms with Gasteiger partial charge in [-0.1, -0.05) is 6.07 Å². The third kappa shape index (κ3) is 3.37. The molecule has 0 spiro atoms. The number of carbonyl (C=O) groups excluding carboxylic acids is 1. The molecule has 0 saturated carbocycles. The van der Waals surface area contributed by atoms with Crippen LogP contribution in [-0.2, 0) is 7.05 Å². The Morgan fingerprint density at radius 2 is 1.93 bits per heavy atom. The molecular formula is C19H20N4O5. The first-order chi connectivity index (χ1) is 13.3. The summed E-state index contributed by atoms with van der Waals surface area (Å²) >= 11 is 0. The highest BCUT2D eigenvalue weighted by molar-refractivity contribution is 5.99. The third-order valence-corrected chi connectivity index (χ3v) is 4.10. The lowest BCUT2D eigenvalue weighted by atomic mass is 10.1. The van der Waals surface area contributed by atoms with Crippen LogP contribution in [0.4, 0.5) is 17.1 Å². The van der Waals surface area contributed by atoms with E-state index in [0.717, 1.165) is 4.57 Å². The summed E-state index contributed by atoms with van der Waals surface area (Å²) < 4.78 is 6.30. The summed E-state index contributed by atoms with van der Waals surface area (Å²) in [5.74, 6) is -0.798. The molecule has 0 bridgehead atoms.